The Kier molecular flexibility index (Phi) is 12.2. The Morgan fingerprint density at radius 1 is 1.05 bits per heavy atom. The molecular weight excluding hydrogens is 355 g/mol. The Morgan fingerprint density at radius 2 is 1.59 bits per heavy atom. The summed E-state index contributed by atoms with van der Waals surface area (Å²) in [7, 11) is 1.01. The first-order valence-corrected chi connectivity index (χ1v) is 10.6. The van der Waals surface area contributed by atoms with Crippen LogP contribution in [0.5, 0.6) is 0 Å². The van der Waals surface area contributed by atoms with Crippen LogP contribution in [-0.4, -0.2) is 69.6 Å². The molecule has 0 fully saturated rings. The molecule has 0 saturated heterocycles. The van der Waals surface area contributed by atoms with Gasteiger partial charge in [-0.15, -0.1) is 11.6 Å². The lowest BCUT2D eigenvalue weighted by Crippen LogP contribution is -2.42. The van der Waals surface area contributed by atoms with Crippen molar-refractivity contribution in [2.24, 2.45) is 0 Å². The Hall–Kier alpha value is 0.457. The quantitative estimate of drug-likeness (QED) is 0.196. The van der Waals surface area contributed by atoms with Crippen LogP contribution in [0.15, 0.2) is 0 Å². The average molecular weight is 381 g/mol. The molecule has 0 aromatic carbocycles. The first-order valence-electron chi connectivity index (χ1n) is 6.63. The first kappa shape index (κ1) is 22.5. The Morgan fingerprint density at radius 3 is 2.00 bits per heavy atom. The molecule has 0 aromatic rings. The summed E-state index contributed by atoms with van der Waals surface area (Å²) in [6.45, 7) is 0.605. The van der Waals surface area contributed by atoms with Gasteiger partial charge in [0.25, 0.3) is 0 Å². The second-order valence-corrected chi connectivity index (χ2v) is 9.40. The number of hydrogen-bond donors (Lipinski definition) is 0. The van der Waals surface area contributed by atoms with Crippen molar-refractivity contribution < 1.29 is 36.2 Å². The minimum atomic E-state index is -3.57. The normalized spacial score (nSPS) is 14.3. The molecule has 1 unspecified atom stereocenters. The van der Waals surface area contributed by atoms with Crippen LogP contribution >= 0.6 is 19.4 Å². The molecule has 22 heavy (non-hydrogen) atoms. The van der Waals surface area contributed by atoms with E-state index in [0.717, 1.165) is 0 Å². The number of rotatable bonds is 14. The van der Waals surface area contributed by atoms with Crippen LogP contribution in [0.1, 0.15) is 6.42 Å². The number of alkyl halides is 1. The molecule has 0 rings (SSSR count). The van der Waals surface area contributed by atoms with Crippen LogP contribution in [0.2, 0.25) is 6.04 Å². The summed E-state index contributed by atoms with van der Waals surface area (Å²) < 4.78 is 47.8. The maximum atomic E-state index is 11.8. The highest BCUT2D eigenvalue weighted by atomic mass is 35.5. The van der Waals surface area contributed by atoms with Crippen molar-refractivity contribution in [3.8, 4) is 0 Å². The smallest absolute Gasteiger partial charge is 0.379 e. The third-order valence-electron chi connectivity index (χ3n) is 2.91. The van der Waals surface area contributed by atoms with Gasteiger partial charge in [-0.3, -0.25) is 13.6 Å². The molecule has 0 bridgehead atoms. The average Bonchev–Trinajstić information content (AvgIpc) is 2.57. The summed E-state index contributed by atoms with van der Waals surface area (Å²) in [5.74, 6) is 0.101. The van der Waals surface area contributed by atoms with E-state index in [1.54, 1.807) is 21.3 Å². The third kappa shape index (κ3) is 7.83. The number of hydrogen-bond acceptors (Lipinski definition) is 8. The molecule has 0 aliphatic rings. The molecule has 134 valence electrons. The van der Waals surface area contributed by atoms with E-state index < -0.39 is 22.7 Å². The van der Waals surface area contributed by atoms with E-state index in [2.05, 4.69) is 9.05 Å². The zero-order valence-electron chi connectivity index (χ0n) is 13.7. The molecule has 0 N–H and O–H groups in total. The van der Waals surface area contributed by atoms with Crippen molar-refractivity contribution in [1.82, 2.24) is 0 Å². The van der Waals surface area contributed by atoms with E-state index in [0.29, 0.717) is 19.1 Å². The van der Waals surface area contributed by atoms with Crippen LogP contribution < -0.4 is 0 Å². The zero-order chi connectivity index (χ0) is 17.1. The van der Waals surface area contributed by atoms with Gasteiger partial charge < -0.3 is 18.0 Å². The molecule has 1 atom stereocenters. The van der Waals surface area contributed by atoms with Gasteiger partial charge in [0.05, 0.1) is 12.5 Å². The van der Waals surface area contributed by atoms with Gasteiger partial charge in [0.1, 0.15) is 6.10 Å². The second-order valence-electron chi connectivity index (χ2n) is 4.17. The lowest BCUT2D eigenvalue weighted by Gasteiger charge is -2.24. The van der Waals surface area contributed by atoms with E-state index in [1.807, 2.05) is 0 Å². The molecule has 0 spiro atoms. The number of ether oxygens (including phenoxy) is 1. The van der Waals surface area contributed by atoms with Crippen LogP contribution in [0.3, 0.4) is 0 Å². The summed E-state index contributed by atoms with van der Waals surface area (Å²) in [6.07, 6.45) is 0.0878. The lowest BCUT2D eigenvalue weighted by atomic mass is 10.4. The molecule has 0 aliphatic heterocycles. The predicted octanol–water partition coefficient (Wildman–Crippen LogP) is 2.30. The predicted molar refractivity (Wildman–Crippen MR) is 84.2 cm³/mol. The summed E-state index contributed by atoms with van der Waals surface area (Å²) >= 11 is 5.75. The van der Waals surface area contributed by atoms with Gasteiger partial charge in [0, 0.05) is 48.2 Å². The highest BCUT2D eigenvalue weighted by molar-refractivity contribution is 7.48. The molecular formula is C11H26ClO8PSi. The molecule has 0 saturated carbocycles. The molecule has 0 amide bonds. The van der Waals surface area contributed by atoms with Gasteiger partial charge in [-0.25, -0.2) is 4.57 Å². The second kappa shape index (κ2) is 11.9. The molecule has 8 nitrogen and oxygen atoms in total. The largest absolute Gasteiger partial charge is 0.500 e. The van der Waals surface area contributed by atoms with E-state index >= 15 is 0 Å². The van der Waals surface area contributed by atoms with E-state index in [-0.39, 0.29) is 12.5 Å². The number of phosphoric acid groups is 1. The van der Waals surface area contributed by atoms with Crippen molar-refractivity contribution in [3.05, 3.63) is 0 Å². The fourth-order valence-electron chi connectivity index (χ4n) is 1.61. The zero-order valence-corrected chi connectivity index (χ0v) is 16.4. The van der Waals surface area contributed by atoms with Crippen molar-refractivity contribution in [3.63, 3.8) is 0 Å². The van der Waals surface area contributed by atoms with Crippen molar-refractivity contribution >= 4 is 28.2 Å². The lowest BCUT2D eigenvalue weighted by molar-refractivity contribution is 0.0341. The highest BCUT2D eigenvalue weighted by Crippen LogP contribution is 2.48. The molecule has 0 aromatic heterocycles. The van der Waals surface area contributed by atoms with Crippen molar-refractivity contribution in [1.29, 1.82) is 0 Å². The van der Waals surface area contributed by atoms with Gasteiger partial charge in [0.2, 0.25) is 0 Å². The van der Waals surface area contributed by atoms with Crippen LogP contribution in [0.4, 0.5) is 0 Å². The first-order chi connectivity index (χ1) is 10.4. The van der Waals surface area contributed by atoms with Crippen LogP contribution in [0.25, 0.3) is 0 Å². The molecule has 0 heterocycles. The van der Waals surface area contributed by atoms with Crippen LogP contribution in [-0.2, 0) is 36.2 Å². The SMILES string of the molecule is CO[Si](CCCOCC(CCl)OP(=O)(OC)OC)(OC)OC. The molecule has 0 radical (unpaired) electrons. The fourth-order valence-corrected chi connectivity index (χ4v) is 4.36. The molecule has 0 aliphatic carbocycles. The number of halogens is 1. The van der Waals surface area contributed by atoms with Gasteiger partial charge in [-0.2, -0.15) is 0 Å². The van der Waals surface area contributed by atoms with Gasteiger partial charge in [0.15, 0.2) is 0 Å². The topological polar surface area (TPSA) is 81.7 Å². The minimum absolute atomic E-state index is 0.101. The Balaban J connectivity index is 4.09. The summed E-state index contributed by atoms with van der Waals surface area (Å²) in [5.41, 5.74) is 0. The van der Waals surface area contributed by atoms with Crippen molar-refractivity contribution in [2.45, 2.75) is 18.6 Å². The molecule has 11 heteroatoms. The summed E-state index contributed by atoms with van der Waals surface area (Å²) in [5, 5.41) is 0. The van der Waals surface area contributed by atoms with E-state index in [1.165, 1.54) is 14.2 Å². The maximum absolute atomic E-state index is 11.8. The van der Waals surface area contributed by atoms with E-state index in [4.69, 9.17) is 34.1 Å². The number of phosphoric ester groups is 1. The van der Waals surface area contributed by atoms with E-state index in [9.17, 15) is 4.57 Å². The maximum Gasteiger partial charge on any atom is 0.500 e. The van der Waals surface area contributed by atoms with Gasteiger partial charge >= 0.3 is 16.6 Å². The van der Waals surface area contributed by atoms with Crippen LogP contribution in [0, 0.1) is 0 Å². The third-order valence-corrected chi connectivity index (χ3v) is 7.53. The Labute approximate surface area is 138 Å². The fraction of sp³-hybridized carbons (Fsp3) is 1.00. The Bertz CT molecular complexity index is 315. The van der Waals surface area contributed by atoms with Gasteiger partial charge in [-0.05, 0) is 6.42 Å². The monoisotopic (exact) mass is 380 g/mol. The summed E-state index contributed by atoms with van der Waals surface area (Å²) in [4.78, 5) is 0. The minimum Gasteiger partial charge on any atom is -0.379 e. The standard InChI is InChI=1S/C11H26ClO8PSi/c1-14-21(13,15-2)20-11(9-12)10-19-7-6-8-22(16-3,17-4)18-5/h11H,6-10H2,1-5H3. The highest BCUT2D eigenvalue weighted by Gasteiger charge is 2.37. The van der Waals surface area contributed by atoms with Crippen molar-refractivity contribution in [2.75, 3.05) is 54.6 Å². The van der Waals surface area contributed by atoms with Gasteiger partial charge in [-0.1, -0.05) is 0 Å². The summed E-state index contributed by atoms with van der Waals surface area (Å²) in [6, 6.07) is 0.623.